The predicted octanol–water partition coefficient (Wildman–Crippen LogP) is 1.58. The number of rotatable bonds is 3. The molecule has 5 nitrogen and oxygen atoms in total. The molecule has 3 heterocycles. The fraction of sp³-hybridized carbons (Fsp3) is 0.312. The van der Waals surface area contributed by atoms with E-state index in [1.54, 1.807) is 12.4 Å². The molecule has 0 amide bonds. The number of pyridine rings is 2. The molecule has 2 atom stereocenters. The van der Waals surface area contributed by atoms with E-state index < -0.39 is 0 Å². The topological polar surface area (TPSA) is 61.6 Å². The van der Waals surface area contributed by atoms with Crippen molar-refractivity contribution in [3.05, 3.63) is 59.7 Å². The van der Waals surface area contributed by atoms with Gasteiger partial charge in [-0.1, -0.05) is 12.1 Å². The second kappa shape index (κ2) is 5.71. The van der Waals surface area contributed by atoms with Crippen molar-refractivity contribution in [2.75, 3.05) is 13.7 Å². The number of aliphatic imine (C=N–C) groups is 1. The number of hydrogen-bond donors (Lipinski definition) is 1. The highest BCUT2D eigenvalue weighted by Gasteiger charge is 2.34. The van der Waals surface area contributed by atoms with Crippen molar-refractivity contribution in [2.45, 2.75) is 19.1 Å². The van der Waals surface area contributed by atoms with Crippen molar-refractivity contribution in [1.82, 2.24) is 14.9 Å². The highest BCUT2D eigenvalue weighted by Crippen LogP contribution is 2.30. The number of nitrogens with zero attached hydrogens (tertiary/aromatic N) is 4. The number of likely N-dealkylation sites (N-methyl/N-ethyl adjacent to an activating group) is 1. The van der Waals surface area contributed by atoms with Crippen molar-refractivity contribution in [3.8, 4) is 0 Å². The fourth-order valence-electron chi connectivity index (χ4n) is 2.61. The zero-order valence-corrected chi connectivity index (χ0v) is 12.1. The average Bonchev–Trinajstić information content (AvgIpc) is 2.86. The van der Waals surface area contributed by atoms with Gasteiger partial charge in [0, 0.05) is 35.4 Å². The SMILES string of the molecule is Cc1ccc(C2N=C(c3cccnc3)C(CO)N2C)cn1. The fourth-order valence-corrected chi connectivity index (χ4v) is 2.61. The van der Waals surface area contributed by atoms with Gasteiger partial charge in [-0.15, -0.1) is 0 Å². The molecule has 1 aliphatic heterocycles. The Morgan fingerprint density at radius 2 is 2.10 bits per heavy atom. The Morgan fingerprint density at radius 3 is 2.71 bits per heavy atom. The Kier molecular flexibility index (Phi) is 3.77. The van der Waals surface area contributed by atoms with Crippen LogP contribution in [0.1, 0.15) is 23.0 Å². The summed E-state index contributed by atoms with van der Waals surface area (Å²) >= 11 is 0. The van der Waals surface area contributed by atoms with Crippen LogP contribution < -0.4 is 0 Å². The molecule has 0 saturated heterocycles. The van der Waals surface area contributed by atoms with E-state index in [-0.39, 0.29) is 18.8 Å². The monoisotopic (exact) mass is 282 g/mol. The summed E-state index contributed by atoms with van der Waals surface area (Å²) in [7, 11) is 1.97. The minimum Gasteiger partial charge on any atom is -0.394 e. The standard InChI is InChI=1S/C16H18N4O/c1-11-5-6-13(9-18-11)16-19-15(14(10-21)20(16)2)12-4-3-7-17-8-12/h3-9,14,16,21H,10H2,1-2H3. The molecule has 0 spiro atoms. The Hall–Kier alpha value is -2.11. The highest BCUT2D eigenvalue weighted by atomic mass is 16.3. The molecule has 0 aromatic carbocycles. The molecule has 1 N–H and O–H groups in total. The van der Waals surface area contributed by atoms with E-state index in [4.69, 9.17) is 4.99 Å². The van der Waals surface area contributed by atoms with Gasteiger partial charge in [0.1, 0.15) is 6.17 Å². The van der Waals surface area contributed by atoms with Crippen LogP contribution in [0.3, 0.4) is 0 Å². The largest absolute Gasteiger partial charge is 0.394 e. The third-order valence-corrected chi connectivity index (χ3v) is 3.82. The Balaban J connectivity index is 1.99. The molecule has 3 rings (SSSR count). The van der Waals surface area contributed by atoms with Gasteiger partial charge < -0.3 is 5.11 Å². The van der Waals surface area contributed by atoms with E-state index in [9.17, 15) is 5.11 Å². The van der Waals surface area contributed by atoms with Crippen molar-refractivity contribution in [2.24, 2.45) is 4.99 Å². The summed E-state index contributed by atoms with van der Waals surface area (Å²) in [5.41, 5.74) is 3.83. The van der Waals surface area contributed by atoms with E-state index in [1.165, 1.54) is 0 Å². The molecule has 1 aliphatic rings. The van der Waals surface area contributed by atoms with Crippen molar-refractivity contribution < 1.29 is 5.11 Å². The lowest BCUT2D eigenvalue weighted by atomic mass is 10.1. The van der Waals surface area contributed by atoms with Gasteiger partial charge in [-0.05, 0) is 26.1 Å². The molecular weight excluding hydrogens is 264 g/mol. The lowest BCUT2D eigenvalue weighted by Gasteiger charge is -2.24. The lowest BCUT2D eigenvalue weighted by Crippen LogP contribution is -2.37. The van der Waals surface area contributed by atoms with Crippen LogP contribution in [-0.2, 0) is 0 Å². The van der Waals surface area contributed by atoms with E-state index in [1.807, 2.05) is 44.4 Å². The van der Waals surface area contributed by atoms with Gasteiger partial charge in [0.15, 0.2) is 0 Å². The molecule has 21 heavy (non-hydrogen) atoms. The van der Waals surface area contributed by atoms with Crippen LogP contribution in [0.15, 0.2) is 47.8 Å². The van der Waals surface area contributed by atoms with Crippen LogP contribution in [0, 0.1) is 6.92 Å². The zero-order chi connectivity index (χ0) is 14.8. The first-order valence-electron chi connectivity index (χ1n) is 6.94. The summed E-state index contributed by atoms with van der Waals surface area (Å²) in [6.07, 6.45) is 5.24. The molecule has 0 fully saturated rings. The number of aliphatic hydroxyl groups excluding tert-OH is 1. The highest BCUT2D eigenvalue weighted by molar-refractivity contribution is 6.05. The molecule has 2 unspecified atom stereocenters. The second-order valence-corrected chi connectivity index (χ2v) is 5.23. The third-order valence-electron chi connectivity index (χ3n) is 3.82. The molecule has 0 radical (unpaired) electrons. The van der Waals surface area contributed by atoms with E-state index in [0.717, 1.165) is 22.5 Å². The second-order valence-electron chi connectivity index (χ2n) is 5.23. The van der Waals surface area contributed by atoms with E-state index >= 15 is 0 Å². The molecular formula is C16H18N4O. The summed E-state index contributed by atoms with van der Waals surface area (Å²) < 4.78 is 0. The van der Waals surface area contributed by atoms with Gasteiger partial charge in [-0.25, -0.2) is 0 Å². The van der Waals surface area contributed by atoms with Crippen LogP contribution in [0.25, 0.3) is 0 Å². The molecule has 0 bridgehead atoms. The van der Waals surface area contributed by atoms with Gasteiger partial charge in [0.2, 0.25) is 0 Å². The average molecular weight is 282 g/mol. The van der Waals surface area contributed by atoms with Crippen LogP contribution in [0.5, 0.6) is 0 Å². The van der Waals surface area contributed by atoms with Gasteiger partial charge in [0.05, 0.1) is 18.4 Å². The maximum Gasteiger partial charge on any atom is 0.130 e. The van der Waals surface area contributed by atoms with Crippen LogP contribution in [-0.4, -0.2) is 45.4 Å². The summed E-state index contributed by atoms with van der Waals surface area (Å²) in [5, 5.41) is 9.72. The maximum absolute atomic E-state index is 9.72. The molecule has 0 aliphatic carbocycles. The quantitative estimate of drug-likeness (QED) is 0.928. The first-order valence-corrected chi connectivity index (χ1v) is 6.94. The van der Waals surface area contributed by atoms with Gasteiger partial charge >= 0.3 is 0 Å². The number of aliphatic hydroxyl groups is 1. The van der Waals surface area contributed by atoms with E-state index in [0.29, 0.717) is 0 Å². The third kappa shape index (κ3) is 2.57. The maximum atomic E-state index is 9.72. The Labute approximate surface area is 124 Å². The Morgan fingerprint density at radius 1 is 1.24 bits per heavy atom. The summed E-state index contributed by atoms with van der Waals surface area (Å²) in [5.74, 6) is 0. The normalized spacial score (nSPS) is 22.3. The first-order chi connectivity index (χ1) is 10.2. The van der Waals surface area contributed by atoms with Gasteiger partial charge in [-0.2, -0.15) is 0 Å². The summed E-state index contributed by atoms with van der Waals surface area (Å²) in [6.45, 7) is 1.99. The number of hydrogen-bond acceptors (Lipinski definition) is 5. The smallest absolute Gasteiger partial charge is 0.130 e. The minimum absolute atomic E-state index is 0.0278. The van der Waals surface area contributed by atoms with Crippen LogP contribution >= 0.6 is 0 Å². The van der Waals surface area contributed by atoms with Crippen LogP contribution in [0.4, 0.5) is 0 Å². The molecule has 2 aromatic heterocycles. The lowest BCUT2D eigenvalue weighted by molar-refractivity contribution is 0.169. The zero-order valence-electron chi connectivity index (χ0n) is 12.1. The van der Waals surface area contributed by atoms with Crippen molar-refractivity contribution in [1.29, 1.82) is 0 Å². The van der Waals surface area contributed by atoms with Crippen LogP contribution in [0.2, 0.25) is 0 Å². The summed E-state index contributed by atoms with van der Waals surface area (Å²) in [4.78, 5) is 15.3. The predicted molar refractivity (Wildman–Crippen MR) is 81.1 cm³/mol. The molecule has 0 saturated carbocycles. The molecule has 2 aromatic rings. The van der Waals surface area contributed by atoms with Crippen molar-refractivity contribution >= 4 is 5.71 Å². The van der Waals surface area contributed by atoms with Crippen molar-refractivity contribution in [3.63, 3.8) is 0 Å². The van der Waals surface area contributed by atoms with Gasteiger partial charge in [-0.3, -0.25) is 19.9 Å². The first kappa shape index (κ1) is 13.9. The van der Waals surface area contributed by atoms with Gasteiger partial charge in [0.25, 0.3) is 0 Å². The number of aryl methyl sites for hydroxylation is 1. The number of aromatic nitrogens is 2. The summed E-state index contributed by atoms with van der Waals surface area (Å²) in [6, 6.07) is 7.74. The Bertz CT molecular complexity index is 639. The molecule has 108 valence electrons. The van der Waals surface area contributed by atoms with E-state index in [2.05, 4.69) is 14.9 Å². The molecule has 5 heteroatoms. The minimum atomic E-state index is -0.125.